The molecule has 1 fully saturated rings. The van der Waals surface area contributed by atoms with Gasteiger partial charge in [-0.3, -0.25) is 0 Å². The van der Waals surface area contributed by atoms with Crippen LogP contribution in [0, 0.1) is 6.92 Å². The Labute approximate surface area is 103 Å². The number of aryl methyl sites for hydroxylation is 1. The predicted molar refractivity (Wildman–Crippen MR) is 72.3 cm³/mol. The molecule has 1 aromatic rings. The smallest absolute Gasteiger partial charge is 0.0136 e. The second-order valence-electron chi connectivity index (χ2n) is 4.90. The zero-order valence-electron chi connectivity index (χ0n) is 10.5. The molecule has 90 valence electrons. The third-order valence-corrected chi connectivity index (χ3v) is 4.54. The molecular formula is C14H23NS. The molecule has 2 atom stereocenters. The van der Waals surface area contributed by atoms with Crippen LogP contribution >= 0.6 is 11.3 Å². The Morgan fingerprint density at radius 1 is 1.31 bits per heavy atom. The lowest BCUT2D eigenvalue weighted by atomic mass is 9.89. The van der Waals surface area contributed by atoms with E-state index in [2.05, 4.69) is 30.6 Å². The summed E-state index contributed by atoms with van der Waals surface area (Å²) in [5.74, 6) is 0.757. The van der Waals surface area contributed by atoms with E-state index in [1.807, 2.05) is 11.3 Å². The van der Waals surface area contributed by atoms with Crippen molar-refractivity contribution in [3.8, 4) is 0 Å². The van der Waals surface area contributed by atoms with Gasteiger partial charge < -0.3 is 5.32 Å². The van der Waals surface area contributed by atoms with Crippen LogP contribution < -0.4 is 5.32 Å². The number of likely N-dealkylation sites (N-methyl/N-ethyl adjacent to an activating group) is 1. The summed E-state index contributed by atoms with van der Waals surface area (Å²) in [7, 11) is 0. The first-order valence-corrected chi connectivity index (χ1v) is 7.47. The largest absolute Gasteiger partial charge is 0.314 e. The van der Waals surface area contributed by atoms with Gasteiger partial charge in [-0.15, -0.1) is 11.3 Å². The fraction of sp³-hybridized carbons (Fsp3) is 0.714. The molecule has 0 spiro atoms. The van der Waals surface area contributed by atoms with Crippen molar-refractivity contribution in [1.29, 1.82) is 0 Å². The van der Waals surface area contributed by atoms with Crippen molar-refractivity contribution in [2.45, 2.75) is 57.9 Å². The highest BCUT2D eigenvalue weighted by Gasteiger charge is 2.24. The summed E-state index contributed by atoms with van der Waals surface area (Å²) >= 11 is 1.90. The Balaban J connectivity index is 2.13. The van der Waals surface area contributed by atoms with Gasteiger partial charge in [0, 0.05) is 16.8 Å². The zero-order chi connectivity index (χ0) is 11.4. The molecule has 16 heavy (non-hydrogen) atoms. The van der Waals surface area contributed by atoms with Crippen molar-refractivity contribution in [2.75, 3.05) is 6.54 Å². The molecular weight excluding hydrogens is 214 g/mol. The maximum absolute atomic E-state index is 3.69. The fourth-order valence-electron chi connectivity index (χ4n) is 2.87. The van der Waals surface area contributed by atoms with E-state index in [4.69, 9.17) is 0 Å². The van der Waals surface area contributed by atoms with Crippen LogP contribution in [0.5, 0.6) is 0 Å². The molecule has 1 aromatic heterocycles. The van der Waals surface area contributed by atoms with Gasteiger partial charge >= 0.3 is 0 Å². The van der Waals surface area contributed by atoms with Gasteiger partial charge in [-0.2, -0.15) is 0 Å². The normalized spacial score (nSPS) is 26.6. The van der Waals surface area contributed by atoms with Crippen molar-refractivity contribution < 1.29 is 0 Å². The van der Waals surface area contributed by atoms with Gasteiger partial charge in [0.05, 0.1) is 0 Å². The number of rotatable bonds is 3. The SMILES string of the molecule is CCNC1CCCCCC1c1csc(C)c1. The van der Waals surface area contributed by atoms with Crippen molar-refractivity contribution in [1.82, 2.24) is 5.32 Å². The standard InChI is InChI=1S/C14H23NS/c1-3-15-14-8-6-4-5-7-13(14)12-9-11(2)16-10-12/h9-10,13-15H,3-8H2,1-2H3. The second kappa shape index (κ2) is 5.83. The van der Waals surface area contributed by atoms with Crippen molar-refractivity contribution in [3.05, 3.63) is 21.9 Å². The summed E-state index contributed by atoms with van der Waals surface area (Å²) in [5, 5.41) is 6.06. The van der Waals surface area contributed by atoms with Gasteiger partial charge in [0.2, 0.25) is 0 Å². The van der Waals surface area contributed by atoms with E-state index in [9.17, 15) is 0 Å². The van der Waals surface area contributed by atoms with Crippen molar-refractivity contribution in [2.24, 2.45) is 0 Å². The van der Waals surface area contributed by atoms with E-state index < -0.39 is 0 Å². The van der Waals surface area contributed by atoms with E-state index in [1.165, 1.54) is 37.0 Å². The highest BCUT2D eigenvalue weighted by atomic mass is 32.1. The minimum Gasteiger partial charge on any atom is -0.314 e. The number of thiophene rings is 1. The molecule has 0 radical (unpaired) electrons. The summed E-state index contributed by atoms with van der Waals surface area (Å²) in [4.78, 5) is 1.45. The van der Waals surface area contributed by atoms with Crippen molar-refractivity contribution >= 4 is 11.3 Å². The van der Waals surface area contributed by atoms with E-state index >= 15 is 0 Å². The lowest BCUT2D eigenvalue weighted by Gasteiger charge is -2.25. The number of hydrogen-bond donors (Lipinski definition) is 1. The lowest BCUT2D eigenvalue weighted by Crippen LogP contribution is -2.33. The molecule has 2 unspecified atom stereocenters. The van der Waals surface area contributed by atoms with Crippen LogP contribution in [-0.4, -0.2) is 12.6 Å². The van der Waals surface area contributed by atoms with Crippen LogP contribution in [-0.2, 0) is 0 Å². The Morgan fingerprint density at radius 2 is 2.12 bits per heavy atom. The minimum absolute atomic E-state index is 0.710. The first kappa shape index (κ1) is 12.1. The molecule has 0 aliphatic heterocycles. The van der Waals surface area contributed by atoms with Crippen LogP contribution in [0.15, 0.2) is 11.4 Å². The molecule has 1 aliphatic rings. The van der Waals surface area contributed by atoms with Crippen LogP contribution in [0.3, 0.4) is 0 Å². The molecule has 1 saturated carbocycles. The maximum Gasteiger partial charge on any atom is 0.0136 e. The third kappa shape index (κ3) is 2.86. The van der Waals surface area contributed by atoms with E-state index in [0.29, 0.717) is 6.04 Å². The lowest BCUT2D eigenvalue weighted by molar-refractivity contribution is 0.420. The number of nitrogens with one attached hydrogen (secondary N) is 1. The maximum atomic E-state index is 3.69. The molecule has 0 bridgehead atoms. The van der Waals surface area contributed by atoms with Gasteiger partial charge in [-0.05, 0) is 43.3 Å². The summed E-state index contributed by atoms with van der Waals surface area (Å²) in [6.45, 7) is 5.54. The summed E-state index contributed by atoms with van der Waals surface area (Å²) in [6.07, 6.45) is 6.95. The van der Waals surface area contributed by atoms with Gasteiger partial charge in [-0.1, -0.05) is 26.2 Å². The molecule has 1 N–H and O–H groups in total. The van der Waals surface area contributed by atoms with Crippen LogP contribution in [0.2, 0.25) is 0 Å². The molecule has 1 aliphatic carbocycles. The van der Waals surface area contributed by atoms with Gasteiger partial charge in [-0.25, -0.2) is 0 Å². The first-order chi connectivity index (χ1) is 7.81. The molecule has 1 nitrogen and oxygen atoms in total. The first-order valence-electron chi connectivity index (χ1n) is 6.59. The molecule has 2 heteroatoms. The third-order valence-electron chi connectivity index (χ3n) is 3.66. The molecule has 0 saturated heterocycles. The van der Waals surface area contributed by atoms with E-state index in [0.717, 1.165) is 12.5 Å². The Kier molecular flexibility index (Phi) is 4.42. The van der Waals surface area contributed by atoms with E-state index in [-0.39, 0.29) is 0 Å². The topological polar surface area (TPSA) is 12.0 Å². The minimum atomic E-state index is 0.710. The Bertz CT molecular complexity index is 318. The quantitative estimate of drug-likeness (QED) is 0.781. The average Bonchev–Trinajstić information content (AvgIpc) is 2.56. The predicted octanol–water partition coefficient (Wildman–Crippen LogP) is 4.08. The second-order valence-corrected chi connectivity index (χ2v) is 6.01. The highest BCUT2D eigenvalue weighted by Crippen LogP contribution is 2.34. The Morgan fingerprint density at radius 3 is 2.81 bits per heavy atom. The van der Waals surface area contributed by atoms with Gasteiger partial charge in [0.1, 0.15) is 0 Å². The molecule has 0 amide bonds. The van der Waals surface area contributed by atoms with Crippen molar-refractivity contribution in [3.63, 3.8) is 0 Å². The average molecular weight is 237 g/mol. The number of hydrogen-bond acceptors (Lipinski definition) is 2. The van der Waals surface area contributed by atoms with Gasteiger partial charge in [0.25, 0.3) is 0 Å². The van der Waals surface area contributed by atoms with Gasteiger partial charge in [0.15, 0.2) is 0 Å². The molecule has 0 aromatic carbocycles. The Hall–Kier alpha value is -0.340. The monoisotopic (exact) mass is 237 g/mol. The fourth-order valence-corrected chi connectivity index (χ4v) is 3.64. The highest BCUT2D eigenvalue weighted by molar-refractivity contribution is 7.10. The summed E-state index contributed by atoms with van der Waals surface area (Å²) in [5.41, 5.74) is 1.58. The zero-order valence-corrected chi connectivity index (χ0v) is 11.3. The van der Waals surface area contributed by atoms with Crippen LogP contribution in [0.25, 0.3) is 0 Å². The molecule has 2 rings (SSSR count). The van der Waals surface area contributed by atoms with Crippen LogP contribution in [0.4, 0.5) is 0 Å². The summed E-state index contributed by atoms with van der Waals surface area (Å²) in [6, 6.07) is 3.10. The van der Waals surface area contributed by atoms with E-state index in [1.54, 1.807) is 5.56 Å². The van der Waals surface area contributed by atoms with Crippen LogP contribution in [0.1, 0.15) is 55.4 Å². The summed E-state index contributed by atoms with van der Waals surface area (Å²) < 4.78 is 0. The molecule has 1 heterocycles.